The molecular weight excluding hydrogens is 246 g/mol. The van der Waals surface area contributed by atoms with Crippen LogP contribution in [0.3, 0.4) is 0 Å². The number of carbonyl (C=O) groups is 2. The lowest BCUT2D eigenvalue weighted by atomic mass is 10.1. The highest BCUT2D eigenvalue weighted by Crippen LogP contribution is 2.33. The molecular formula is C14H17NO4. The van der Waals surface area contributed by atoms with Crippen molar-refractivity contribution in [1.82, 2.24) is 0 Å². The summed E-state index contributed by atoms with van der Waals surface area (Å²) in [7, 11) is 1.37. The van der Waals surface area contributed by atoms with Crippen molar-refractivity contribution in [3.8, 4) is 0 Å². The number of hydrogen-bond donors (Lipinski definition) is 0. The van der Waals surface area contributed by atoms with Crippen molar-refractivity contribution in [2.24, 2.45) is 0 Å². The fraction of sp³-hybridized carbons (Fsp3) is 0.429. The molecule has 0 unspecified atom stereocenters. The Balaban J connectivity index is 2.12. The van der Waals surface area contributed by atoms with Gasteiger partial charge in [-0.2, -0.15) is 0 Å². The number of benzene rings is 1. The van der Waals surface area contributed by atoms with Gasteiger partial charge in [0.1, 0.15) is 0 Å². The summed E-state index contributed by atoms with van der Waals surface area (Å²) >= 11 is 0. The van der Waals surface area contributed by atoms with E-state index in [0.717, 1.165) is 17.7 Å². The number of ether oxygens (including phenoxy) is 2. The van der Waals surface area contributed by atoms with E-state index >= 15 is 0 Å². The lowest BCUT2D eigenvalue weighted by molar-refractivity contribution is -0.141. The Hall–Kier alpha value is -2.04. The van der Waals surface area contributed by atoms with Gasteiger partial charge in [0, 0.05) is 19.4 Å². The van der Waals surface area contributed by atoms with Crippen molar-refractivity contribution in [2.45, 2.75) is 25.8 Å². The zero-order chi connectivity index (χ0) is 13.8. The summed E-state index contributed by atoms with van der Waals surface area (Å²) in [5.74, 6) is -0.305. The molecule has 2 rings (SSSR count). The van der Waals surface area contributed by atoms with Crippen LogP contribution >= 0.6 is 0 Å². The van der Waals surface area contributed by atoms with Crippen LogP contribution in [0.25, 0.3) is 0 Å². The Morgan fingerprint density at radius 2 is 2.11 bits per heavy atom. The number of anilines is 1. The largest absolute Gasteiger partial charge is 0.466 e. The molecule has 102 valence electrons. The number of hydrogen-bond acceptors (Lipinski definition) is 4. The van der Waals surface area contributed by atoms with Gasteiger partial charge in [0.05, 0.1) is 19.4 Å². The third-order valence-electron chi connectivity index (χ3n) is 3.20. The topological polar surface area (TPSA) is 55.8 Å². The standard InChI is InChI=1S/C14H17NO4/c1-10(16)19-8-7-12-9-11-5-3-4-6-13(11)15(12)14(17)18-2/h3-6,12H,7-9H2,1-2H3/t12-/m1/s1. The molecule has 0 saturated heterocycles. The van der Waals surface area contributed by atoms with Crippen LogP contribution in [0.4, 0.5) is 10.5 Å². The summed E-state index contributed by atoms with van der Waals surface area (Å²) < 4.78 is 9.77. The van der Waals surface area contributed by atoms with Crippen LogP contribution in [-0.4, -0.2) is 31.8 Å². The molecule has 1 aromatic rings. The highest BCUT2D eigenvalue weighted by atomic mass is 16.5. The lowest BCUT2D eigenvalue weighted by Gasteiger charge is -2.23. The van der Waals surface area contributed by atoms with E-state index in [4.69, 9.17) is 9.47 Å². The van der Waals surface area contributed by atoms with Crippen molar-refractivity contribution in [3.63, 3.8) is 0 Å². The maximum absolute atomic E-state index is 11.9. The van der Waals surface area contributed by atoms with Crippen LogP contribution in [0.5, 0.6) is 0 Å². The van der Waals surface area contributed by atoms with E-state index in [0.29, 0.717) is 13.0 Å². The molecule has 0 fully saturated rings. The van der Waals surface area contributed by atoms with E-state index in [2.05, 4.69) is 0 Å². The Labute approximate surface area is 112 Å². The average Bonchev–Trinajstić information content (AvgIpc) is 2.75. The number of nitrogens with zero attached hydrogens (tertiary/aromatic N) is 1. The molecule has 1 atom stereocenters. The lowest BCUT2D eigenvalue weighted by Crippen LogP contribution is -2.38. The minimum atomic E-state index is -0.377. The molecule has 1 aromatic carbocycles. The summed E-state index contributed by atoms with van der Waals surface area (Å²) in [6.45, 7) is 1.68. The minimum Gasteiger partial charge on any atom is -0.466 e. The summed E-state index contributed by atoms with van der Waals surface area (Å²) in [5, 5.41) is 0. The van der Waals surface area contributed by atoms with E-state index < -0.39 is 0 Å². The van der Waals surface area contributed by atoms with Crippen LogP contribution in [0.15, 0.2) is 24.3 Å². The zero-order valence-electron chi connectivity index (χ0n) is 11.1. The van der Waals surface area contributed by atoms with Crippen molar-refractivity contribution >= 4 is 17.7 Å². The van der Waals surface area contributed by atoms with Gasteiger partial charge in [0.25, 0.3) is 0 Å². The number of carbonyl (C=O) groups excluding carboxylic acids is 2. The minimum absolute atomic E-state index is 0.0239. The van der Waals surface area contributed by atoms with Gasteiger partial charge in [-0.3, -0.25) is 9.69 Å². The van der Waals surface area contributed by atoms with Crippen LogP contribution in [0, 0.1) is 0 Å². The van der Waals surface area contributed by atoms with Gasteiger partial charge >= 0.3 is 12.1 Å². The first-order chi connectivity index (χ1) is 9.13. The molecule has 1 amide bonds. The predicted octanol–water partition coefficient (Wildman–Crippen LogP) is 2.14. The van der Waals surface area contributed by atoms with Crippen LogP contribution in [0.2, 0.25) is 0 Å². The third-order valence-corrected chi connectivity index (χ3v) is 3.20. The van der Waals surface area contributed by atoms with Gasteiger partial charge in [-0.15, -0.1) is 0 Å². The van der Waals surface area contributed by atoms with Gasteiger partial charge in [-0.25, -0.2) is 4.79 Å². The van der Waals surface area contributed by atoms with Gasteiger partial charge in [-0.1, -0.05) is 18.2 Å². The molecule has 0 radical (unpaired) electrons. The molecule has 5 heteroatoms. The molecule has 19 heavy (non-hydrogen) atoms. The molecule has 0 saturated carbocycles. The summed E-state index contributed by atoms with van der Waals surface area (Å²) in [6, 6.07) is 7.71. The van der Waals surface area contributed by atoms with Crippen molar-refractivity contribution in [2.75, 3.05) is 18.6 Å². The number of para-hydroxylation sites is 1. The van der Waals surface area contributed by atoms with Crippen LogP contribution < -0.4 is 4.90 Å². The quantitative estimate of drug-likeness (QED) is 0.784. The summed E-state index contributed by atoms with van der Waals surface area (Å²) in [5.41, 5.74) is 1.99. The van der Waals surface area contributed by atoms with E-state index in [1.165, 1.54) is 14.0 Å². The molecule has 0 aliphatic carbocycles. The van der Waals surface area contributed by atoms with Crippen LogP contribution in [-0.2, 0) is 20.7 Å². The molecule has 0 bridgehead atoms. The van der Waals surface area contributed by atoms with Crippen molar-refractivity contribution in [1.29, 1.82) is 0 Å². The van der Waals surface area contributed by atoms with Gasteiger partial charge < -0.3 is 9.47 Å². The second-order valence-corrected chi connectivity index (χ2v) is 4.46. The van der Waals surface area contributed by atoms with Gasteiger partial charge in [-0.05, 0) is 18.1 Å². The van der Waals surface area contributed by atoms with E-state index in [1.807, 2.05) is 24.3 Å². The van der Waals surface area contributed by atoms with Crippen molar-refractivity contribution < 1.29 is 19.1 Å². The summed E-state index contributed by atoms with van der Waals surface area (Å²) in [6.07, 6.45) is 0.980. The third kappa shape index (κ3) is 2.86. The first-order valence-electron chi connectivity index (χ1n) is 6.22. The first kappa shape index (κ1) is 13.4. The first-order valence-corrected chi connectivity index (χ1v) is 6.22. The number of fused-ring (bicyclic) bond motifs is 1. The fourth-order valence-corrected chi connectivity index (χ4v) is 2.38. The number of methoxy groups -OCH3 is 1. The predicted molar refractivity (Wildman–Crippen MR) is 70.1 cm³/mol. The number of rotatable bonds is 3. The van der Waals surface area contributed by atoms with Crippen molar-refractivity contribution in [3.05, 3.63) is 29.8 Å². The monoisotopic (exact) mass is 263 g/mol. The summed E-state index contributed by atoms with van der Waals surface area (Å²) in [4.78, 5) is 24.3. The molecule has 1 aliphatic rings. The average molecular weight is 263 g/mol. The maximum Gasteiger partial charge on any atom is 0.414 e. The Morgan fingerprint density at radius 3 is 2.79 bits per heavy atom. The second kappa shape index (κ2) is 5.73. The number of esters is 1. The van der Waals surface area contributed by atoms with E-state index in [-0.39, 0.29) is 18.1 Å². The van der Waals surface area contributed by atoms with Gasteiger partial charge in [0.2, 0.25) is 0 Å². The highest BCUT2D eigenvalue weighted by Gasteiger charge is 2.34. The van der Waals surface area contributed by atoms with Gasteiger partial charge in [0.15, 0.2) is 0 Å². The second-order valence-electron chi connectivity index (χ2n) is 4.46. The Kier molecular flexibility index (Phi) is 4.04. The molecule has 1 aliphatic heterocycles. The van der Waals surface area contributed by atoms with E-state index in [1.54, 1.807) is 4.90 Å². The molecule has 0 aromatic heterocycles. The molecule has 0 N–H and O–H groups in total. The highest BCUT2D eigenvalue weighted by molar-refractivity contribution is 5.91. The zero-order valence-corrected chi connectivity index (χ0v) is 11.1. The fourth-order valence-electron chi connectivity index (χ4n) is 2.38. The molecule has 5 nitrogen and oxygen atoms in total. The smallest absolute Gasteiger partial charge is 0.414 e. The molecule has 1 heterocycles. The Bertz CT molecular complexity index is 486. The maximum atomic E-state index is 11.9. The normalized spacial score (nSPS) is 16.9. The van der Waals surface area contributed by atoms with E-state index in [9.17, 15) is 9.59 Å². The SMILES string of the molecule is COC(=O)N1c2ccccc2C[C@H]1CCOC(C)=O. The molecule has 0 spiro atoms. The Morgan fingerprint density at radius 1 is 1.37 bits per heavy atom. The number of amides is 1. The van der Waals surface area contributed by atoms with Crippen LogP contribution in [0.1, 0.15) is 18.9 Å².